The molecule has 1 N–H and O–H groups in total. The van der Waals surface area contributed by atoms with E-state index < -0.39 is 41.3 Å². The second-order valence-electron chi connectivity index (χ2n) is 17.6. The van der Waals surface area contributed by atoms with Crippen molar-refractivity contribution in [3.05, 3.63) is 106 Å². The van der Waals surface area contributed by atoms with Gasteiger partial charge in [-0.3, -0.25) is 24.0 Å². The van der Waals surface area contributed by atoms with E-state index in [1.807, 2.05) is 20.8 Å². The lowest BCUT2D eigenvalue weighted by Crippen LogP contribution is -2.30. The fourth-order valence-corrected chi connectivity index (χ4v) is 8.21. The lowest BCUT2D eigenvalue weighted by atomic mass is 9.82. The van der Waals surface area contributed by atoms with Crippen LogP contribution in [0.2, 0.25) is 0 Å². The first-order valence-electron chi connectivity index (χ1n) is 22.1. The first kappa shape index (κ1) is 53.2. The number of ether oxygens (including phenoxy) is 5. The van der Waals surface area contributed by atoms with Gasteiger partial charge in [0, 0.05) is 56.1 Å². The van der Waals surface area contributed by atoms with Crippen LogP contribution in [0.1, 0.15) is 141 Å². The highest BCUT2D eigenvalue weighted by atomic mass is 16.6. The largest absolute Gasteiger partial charge is 0.503 e. The Kier molecular flexibility index (Phi) is 19.9. The molecule has 0 aliphatic heterocycles. The number of hydrogen-bond donors (Lipinski definition) is 1. The number of pyridine rings is 2. The third-order valence-corrected chi connectivity index (χ3v) is 11.4. The Labute approximate surface area is 384 Å². The molecule has 0 spiro atoms. The van der Waals surface area contributed by atoms with Gasteiger partial charge in [0.15, 0.2) is 40.2 Å². The molecule has 0 aliphatic rings. The number of aryl methyl sites for hydroxylation is 4. The molecule has 6 atom stereocenters. The van der Waals surface area contributed by atoms with Crippen LogP contribution in [0, 0.1) is 51.4 Å². The van der Waals surface area contributed by atoms with Gasteiger partial charge >= 0.3 is 17.9 Å². The standard InChI is InChI=1S/C27H35NO6.C25H33NO5/c1-15(2)24(21-10-9-16(3)13-17(21)4)19(6)33-27(31)18(5)14-22(30)25-26(34-20(7)29)23(32-8)11-12-28-25;1-14(2)22(19-9-8-15(3)12-16(19)4)18(6)31-25(29)17(5)13-20(27)23-24(28)21(30-7)10-11-26-23/h9-13,15,18-19,24H,14H2,1-8H3;8-12,14,17-18,22,28H,13H2,1-7H3/t18-,19+,24+;17-,18+,22+/m11/s1. The summed E-state index contributed by atoms with van der Waals surface area (Å²) in [6.07, 6.45) is 1.79. The van der Waals surface area contributed by atoms with Gasteiger partial charge in [0.1, 0.15) is 12.2 Å². The van der Waals surface area contributed by atoms with Crippen LogP contribution in [-0.2, 0) is 23.9 Å². The molecule has 13 heteroatoms. The van der Waals surface area contributed by atoms with Gasteiger partial charge in [-0.05, 0) is 75.6 Å². The Morgan fingerprint density at radius 3 is 1.37 bits per heavy atom. The summed E-state index contributed by atoms with van der Waals surface area (Å²) in [6.45, 7) is 25.0. The van der Waals surface area contributed by atoms with Crippen molar-refractivity contribution in [1.29, 1.82) is 0 Å². The summed E-state index contributed by atoms with van der Waals surface area (Å²) in [6, 6.07) is 15.5. The molecule has 0 saturated heterocycles. The first-order chi connectivity index (χ1) is 30.5. The average molecular weight is 897 g/mol. The van der Waals surface area contributed by atoms with Crippen LogP contribution in [-0.4, -0.2) is 71.0 Å². The van der Waals surface area contributed by atoms with Gasteiger partial charge in [-0.2, -0.15) is 0 Å². The Hall–Kier alpha value is -6.11. The number of Topliss-reactive ketones (excluding diaryl/α,β-unsaturated/α-hetero) is 2. The van der Waals surface area contributed by atoms with E-state index in [9.17, 15) is 29.1 Å². The van der Waals surface area contributed by atoms with E-state index in [0.717, 1.165) is 16.7 Å². The maximum atomic E-state index is 12.9. The SMILES string of the molecule is COc1ccnc(C(=O)C[C@@H](C)C(=O)O[C@@H](C)[C@@H](c2ccc(C)cc2C)C(C)C)c1O.COc1ccnc(C(=O)C[C@@H](C)C(=O)O[C@@H](C)[C@@H](c2ccc(C)cc2C)C(C)C)c1OC(C)=O. The molecule has 4 aromatic rings. The van der Waals surface area contributed by atoms with Gasteiger partial charge in [-0.1, -0.05) is 89.1 Å². The maximum absolute atomic E-state index is 12.9. The number of hydrogen-bond acceptors (Lipinski definition) is 13. The fourth-order valence-electron chi connectivity index (χ4n) is 8.21. The number of esters is 3. The van der Waals surface area contributed by atoms with Crippen LogP contribution in [0.5, 0.6) is 23.0 Å². The van der Waals surface area contributed by atoms with E-state index in [4.69, 9.17) is 23.7 Å². The Bertz CT molecular complexity index is 2300. The third-order valence-electron chi connectivity index (χ3n) is 11.4. The van der Waals surface area contributed by atoms with Crippen LogP contribution in [0.4, 0.5) is 0 Å². The van der Waals surface area contributed by atoms with Crippen molar-refractivity contribution >= 4 is 29.5 Å². The van der Waals surface area contributed by atoms with Crippen molar-refractivity contribution in [2.45, 2.75) is 127 Å². The van der Waals surface area contributed by atoms with Crippen LogP contribution in [0.15, 0.2) is 60.9 Å². The predicted octanol–water partition coefficient (Wildman–Crippen LogP) is 10.2. The van der Waals surface area contributed by atoms with Gasteiger partial charge in [-0.25, -0.2) is 9.97 Å². The van der Waals surface area contributed by atoms with Gasteiger partial charge in [0.05, 0.1) is 26.1 Å². The van der Waals surface area contributed by atoms with E-state index in [-0.39, 0.29) is 83.1 Å². The van der Waals surface area contributed by atoms with Crippen molar-refractivity contribution in [3.63, 3.8) is 0 Å². The minimum Gasteiger partial charge on any atom is -0.503 e. The number of rotatable bonds is 19. The second-order valence-corrected chi connectivity index (χ2v) is 17.6. The molecule has 0 saturated carbocycles. The third kappa shape index (κ3) is 14.4. The Morgan fingerprint density at radius 1 is 0.585 bits per heavy atom. The number of methoxy groups -OCH3 is 2. The molecule has 0 amide bonds. The monoisotopic (exact) mass is 896 g/mol. The fraction of sp³-hybridized carbons (Fsp3) is 0.481. The molecule has 352 valence electrons. The van der Waals surface area contributed by atoms with Crippen LogP contribution >= 0.6 is 0 Å². The molecule has 2 aromatic carbocycles. The molecule has 2 heterocycles. The number of ketones is 2. The van der Waals surface area contributed by atoms with Crippen molar-refractivity contribution in [2.75, 3.05) is 14.2 Å². The molecule has 0 fully saturated rings. The molecule has 65 heavy (non-hydrogen) atoms. The topological polar surface area (TPSA) is 178 Å². The number of aromatic nitrogens is 2. The molecule has 0 bridgehead atoms. The summed E-state index contributed by atoms with van der Waals surface area (Å²) >= 11 is 0. The van der Waals surface area contributed by atoms with E-state index in [1.54, 1.807) is 13.8 Å². The molecular formula is C52H68N2O11. The summed E-state index contributed by atoms with van der Waals surface area (Å²) in [4.78, 5) is 70.7. The zero-order chi connectivity index (χ0) is 48.9. The molecule has 4 rings (SSSR count). The van der Waals surface area contributed by atoms with Crippen LogP contribution in [0.25, 0.3) is 0 Å². The van der Waals surface area contributed by atoms with Crippen molar-refractivity contribution in [2.24, 2.45) is 23.7 Å². The van der Waals surface area contributed by atoms with E-state index in [1.165, 1.54) is 62.4 Å². The number of benzene rings is 2. The van der Waals surface area contributed by atoms with Gasteiger partial charge in [0.2, 0.25) is 5.75 Å². The molecular weight excluding hydrogens is 829 g/mol. The Morgan fingerprint density at radius 2 is 0.985 bits per heavy atom. The summed E-state index contributed by atoms with van der Waals surface area (Å²) in [5, 5.41) is 10.1. The normalized spacial score (nSPS) is 13.9. The molecule has 2 aromatic heterocycles. The number of carbonyl (C=O) groups excluding carboxylic acids is 5. The molecule has 0 aliphatic carbocycles. The highest BCUT2D eigenvalue weighted by molar-refractivity contribution is 6.00. The molecule has 0 radical (unpaired) electrons. The number of aromatic hydroxyl groups is 1. The zero-order valence-corrected chi connectivity index (χ0v) is 40.7. The predicted molar refractivity (Wildman–Crippen MR) is 249 cm³/mol. The summed E-state index contributed by atoms with van der Waals surface area (Å²) in [5.41, 5.74) is 6.84. The Balaban J connectivity index is 0.000000347. The highest BCUT2D eigenvalue weighted by Gasteiger charge is 2.32. The minimum atomic E-state index is -0.708. The van der Waals surface area contributed by atoms with Crippen molar-refractivity contribution in [3.8, 4) is 23.0 Å². The summed E-state index contributed by atoms with van der Waals surface area (Å²) in [5.74, 6) is -3.21. The van der Waals surface area contributed by atoms with Gasteiger partial charge in [0.25, 0.3) is 0 Å². The van der Waals surface area contributed by atoms with E-state index in [0.29, 0.717) is 0 Å². The van der Waals surface area contributed by atoms with E-state index >= 15 is 0 Å². The second kappa shape index (κ2) is 24.3. The van der Waals surface area contributed by atoms with Crippen molar-refractivity contribution < 1.29 is 52.8 Å². The zero-order valence-electron chi connectivity index (χ0n) is 40.7. The van der Waals surface area contributed by atoms with Gasteiger partial charge < -0.3 is 28.8 Å². The highest BCUT2D eigenvalue weighted by Crippen LogP contribution is 2.36. The average Bonchev–Trinajstić information content (AvgIpc) is 3.22. The first-order valence-corrected chi connectivity index (χ1v) is 22.1. The van der Waals surface area contributed by atoms with Crippen LogP contribution < -0.4 is 14.2 Å². The van der Waals surface area contributed by atoms with E-state index in [2.05, 4.69) is 94.8 Å². The van der Waals surface area contributed by atoms with Gasteiger partial charge in [-0.15, -0.1) is 0 Å². The molecule has 13 nitrogen and oxygen atoms in total. The lowest BCUT2D eigenvalue weighted by Gasteiger charge is -2.30. The quantitative estimate of drug-likeness (QED) is 0.0695. The summed E-state index contributed by atoms with van der Waals surface area (Å²) < 4.78 is 27.0. The van der Waals surface area contributed by atoms with Crippen molar-refractivity contribution in [1.82, 2.24) is 9.97 Å². The maximum Gasteiger partial charge on any atom is 0.309 e. The van der Waals surface area contributed by atoms with Crippen LogP contribution in [0.3, 0.4) is 0 Å². The summed E-state index contributed by atoms with van der Waals surface area (Å²) in [7, 11) is 2.80. The molecule has 0 unspecified atom stereocenters. The number of carbonyl (C=O) groups is 5. The minimum absolute atomic E-state index is 0.0167. The lowest BCUT2D eigenvalue weighted by molar-refractivity contribution is -0.155. The number of nitrogens with zero attached hydrogens (tertiary/aromatic N) is 2. The smallest absolute Gasteiger partial charge is 0.309 e.